The third kappa shape index (κ3) is 4.48. The van der Waals surface area contributed by atoms with Crippen LogP contribution in [0.1, 0.15) is 28.5 Å². The highest BCUT2D eigenvalue weighted by Crippen LogP contribution is 2.29. The molecule has 0 aliphatic carbocycles. The molecule has 1 amide bonds. The molecule has 32 heavy (non-hydrogen) atoms. The van der Waals surface area contributed by atoms with Gasteiger partial charge in [-0.15, -0.1) is 0 Å². The number of H-pyrrole nitrogens is 1. The van der Waals surface area contributed by atoms with Crippen LogP contribution in [0.15, 0.2) is 42.5 Å². The predicted octanol–water partition coefficient (Wildman–Crippen LogP) is 3.72. The standard InChI is InChI=1S/C25H30N4O3/c1-16-6-5-7-19(12-16)29-11-10-28(14-18(29)3)15-22(30)27-23-20-13-17(2)8-9-21(20)26-24(23)25(31)32-4/h5-9,12-13,18,26H,10-11,14-15H2,1-4H3,(H,27,30). The monoisotopic (exact) mass is 434 g/mol. The highest BCUT2D eigenvalue weighted by molar-refractivity contribution is 6.11. The van der Waals surface area contributed by atoms with E-state index in [0.717, 1.165) is 36.1 Å². The van der Waals surface area contributed by atoms with Gasteiger partial charge in [-0.1, -0.05) is 23.8 Å². The molecule has 1 aliphatic rings. The van der Waals surface area contributed by atoms with E-state index in [9.17, 15) is 9.59 Å². The molecule has 1 saturated heterocycles. The number of ether oxygens (including phenoxy) is 1. The Morgan fingerprint density at radius 2 is 1.91 bits per heavy atom. The molecule has 1 fully saturated rings. The minimum absolute atomic E-state index is 0.145. The van der Waals surface area contributed by atoms with Crippen molar-refractivity contribution in [3.05, 3.63) is 59.3 Å². The van der Waals surface area contributed by atoms with Crippen molar-refractivity contribution in [2.45, 2.75) is 26.8 Å². The van der Waals surface area contributed by atoms with Gasteiger partial charge in [-0.05, 0) is 50.6 Å². The molecule has 0 saturated carbocycles. The van der Waals surface area contributed by atoms with Crippen molar-refractivity contribution in [1.29, 1.82) is 0 Å². The van der Waals surface area contributed by atoms with Gasteiger partial charge in [-0.25, -0.2) is 4.79 Å². The summed E-state index contributed by atoms with van der Waals surface area (Å²) in [4.78, 5) is 32.8. The first-order valence-electron chi connectivity index (χ1n) is 10.9. The van der Waals surface area contributed by atoms with E-state index >= 15 is 0 Å². The second kappa shape index (κ2) is 9.04. The summed E-state index contributed by atoms with van der Waals surface area (Å²) in [7, 11) is 1.33. The number of aromatic amines is 1. The molecule has 1 atom stereocenters. The summed E-state index contributed by atoms with van der Waals surface area (Å²) in [6, 6.07) is 14.6. The van der Waals surface area contributed by atoms with E-state index in [-0.39, 0.29) is 18.1 Å². The van der Waals surface area contributed by atoms with Crippen molar-refractivity contribution < 1.29 is 14.3 Å². The third-order valence-electron chi connectivity index (χ3n) is 6.02. The fourth-order valence-electron chi connectivity index (χ4n) is 4.44. The number of aromatic nitrogens is 1. The zero-order valence-electron chi connectivity index (χ0n) is 19.1. The Bertz CT molecular complexity index is 1150. The molecule has 168 valence electrons. The molecule has 0 radical (unpaired) electrons. The van der Waals surface area contributed by atoms with Crippen molar-refractivity contribution in [2.24, 2.45) is 0 Å². The molecular formula is C25H30N4O3. The van der Waals surface area contributed by atoms with Crippen LogP contribution >= 0.6 is 0 Å². The molecule has 1 aromatic heterocycles. The van der Waals surface area contributed by atoms with Crippen molar-refractivity contribution in [3.63, 3.8) is 0 Å². The molecule has 0 bridgehead atoms. The molecule has 4 rings (SSSR count). The van der Waals surface area contributed by atoms with Crippen LogP contribution in [-0.4, -0.2) is 61.1 Å². The molecule has 2 N–H and O–H groups in total. The highest BCUT2D eigenvalue weighted by atomic mass is 16.5. The van der Waals surface area contributed by atoms with Crippen LogP contribution in [0.3, 0.4) is 0 Å². The molecule has 3 aromatic rings. The number of carbonyl (C=O) groups is 2. The van der Waals surface area contributed by atoms with Crippen LogP contribution in [-0.2, 0) is 9.53 Å². The van der Waals surface area contributed by atoms with Crippen LogP contribution in [0, 0.1) is 13.8 Å². The quantitative estimate of drug-likeness (QED) is 0.599. The molecular weight excluding hydrogens is 404 g/mol. The summed E-state index contributed by atoms with van der Waals surface area (Å²) in [6.45, 7) is 8.97. The number of piperazine rings is 1. The highest BCUT2D eigenvalue weighted by Gasteiger charge is 2.26. The molecule has 0 spiro atoms. The number of amides is 1. The van der Waals surface area contributed by atoms with Gasteiger partial charge in [0.05, 0.1) is 19.3 Å². The zero-order chi connectivity index (χ0) is 22.8. The molecule has 2 heterocycles. The number of nitrogens with zero attached hydrogens (tertiary/aromatic N) is 2. The lowest BCUT2D eigenvalue weighted by molar-refractivity contribution is -0.117. The molecule has 2 aromatic carbocycles. The van der Waals surface area contributed by atoms with Gasteiger partial charge in [0.15, 0.2) is 0 Å². The van der Waals surface area contributed by atoms with Crippen molar-refractivity contribution in [3.8, 4) is 0 Å². The Hall–Kier alpha value is -3.32. The van der Waals surface area contributed by atoms with Gasteiger partial charge in [0.1, 0.15) is 5.69 Å². The van der Waals surface area contributed by atoms with Gasteiger partial charge < -0.3 is 19.9 Å². The fraction of sp³-hybridized carbons (Fsp3) is 0.360. The normalized spacial score (nSPS) is 16.9. The van der Waals surface area contributed by atoms with Gasteiger partial charge in [0, 0.05) is 42.3 Å². The number of aryl methyl sites for hydroxylation is 2. The number of carbonyl (C=O) groups excluding carboxylic acids is 2. The molecule has 1 aliphatic heterocycles. The minimum Gasteiger partial charge on any atom is -0.464 e. The Morgan fingerprint density at radius 1 is 1.12 bits per heavy atom. The average molecular weight is 435 g/mol. The first-order chi connectivity index (χ1) is 15.4. The van der Waals surface area contributed by atoms with Gasteiger partial charge >= 0.3 is 5.97 Å². The maximum Gasteiger partial charge on any atom is 0.356 e. The van der Waals surface area contributed by atoms with Gasteiger partial charge in [-0.3, -0.25) is 9.69 Å². The number of fused-ring (bicyclic) bond motifs is 1. The average Bonchev–Trinajstić information content (AvgIpc) is 3.10. The number of methoxy groups -OCH3 is 1. The van der Waals surface area contributed by atoms with E-state index in [1.807, 2.05) is 25.1 Å². The third-order valence-corrected chi connectivity index (χ3v) is 6.02. The first-order valence-corrected chi connectivity index (χ1v) is 10.9. The largest absolute Gasteiger partial charge is 0.464 e. The Morgan fingerprint density at radius 3 is 2.62 bits per heavy atom. The van der Waals surface area contributed by atoms with Crippen LogP contribution in [0.25, 0.3) is 10.9 Å². The van der Waals surface area contributed by atoms with Crippen molar-refractivity contribution >= 4 is 34.2 Å². The second-order valence-corrected chi connectivity index (χ2v) is 8.58. The smallest absolute Gasteiger partial charge is 0.356 e. The summed E-state index contributed by atoms with van der Waals surface area (Å²) < 4.78 is 4.91. The van der Waals surface area contributed by atoms with E-state index in [4.69, 9.17) is 4.74 Å². The number of benzene rings is 2. The molecule has 1 unspecified atom stereocenters. The second-order valence-electron chi connectivity index (χ2n) is 8.58. The Labute approximate surface area is 188 Å². The topological polar surface area (TPSA) is 77.7 Å². The number of hydrogen-bond acceptors (Lipinski definition) is 5. The van der Waals surface area contributed by atoms with Crippen molar-refractivity contribution in [2.75, 3.05) is 43.5 Å². The van der Waals surface area contributed by atoms with Gasteiger partial charge in [0.25, 0.3) is 0 Å². The van der Waals surface area contributed by atoms with Crippen LogP contribution in [0.4, 0.5) is 11.4 Å². The number of hydrogen-bond donors (Lipinski definition) is 2. The lowest BCUT2D eigenvalue weighted by Crippen LogP contribution is -2.53. The lowest BCUT2D eigenvalue weighted by atomic mass is 10.1. The summed E-state index contributed by atoms with van der Waals surface area (Å²) >= 11 is 0. The van der Waals surface area contributed by atoms with E-state index in [1.165, 1.54) is 18.4 Å². The zero-order valence-corrected chi connectivity index (χ0v) is 19.1. The fourth-order valence-corrected chi connectivity index (χ4v) is 4.44. The first kappa shape index (κ1) is 21.9. The number of esters is 1. The van der Waals surface area contributed by atoms with Gasteiger partial charge in [0.2, 0.25) is 5.91 Å². The molecule has 7 nitrogen and oxygen atoms in total. The molecule has 7 heteroatoms. The van der Waals surface area contributed by atoms with E-state index < -0.39 is 5.97 Å². The van der Waals surface area contributed by atoms with E-state index in [0.29, 0.717) is 11.7 Å². The van der Waals surface area contributed by atoms with Gasteiger partial charge in [-0.2, -0.15) is 0 Å². The Balaban J connectivity index is 1.46. The number of anilines is 2. The summed E-state index contributed by atoms with van der Waals surface area (Å²) in [5.74, 6) is -0.650. The minimum atomic E-state index is -0.505. The van der Waals surface area contributed by atoms with E-state index in [1.54, 1.807) is 0 Å². The SMILES string of the molecule is COC(=O)c1[nH]c2ccc(C)cc2c1NC(=O)CN1CCN(c2cccc(C)c2)C(C)C1. The summed E-state index contributed by atoms with van der Waals surface area (Å²) in [5.41, 5.74) is 5.03. The van der Waals surface area contributed by atoms with Crippen molar-refractivity contribution in [1.82, 2.24) is 9.88 Å². The summed E-state index contributed by atoms with van der Waals surface area (Å²) in [5, 5.41) is 3.76. The maximum atomic E-state index is 12.9. The van der Waals surface area contributed by atoms with Crippen LogP contribution in [0.5, 0.6) is 0 Å². The lowest BCUT2D eigenvalue weighted by Gasteiger charge is -2.41. The van der Waals surface area contributed by atoms with E-state index in [2.05, 4.69) is 58.2 Å². The predicted molar refractivity (Wildman–Crippen MR) is 127 cm³/mol. The number of rotatable bonds is 5. The summed E-state index contributed by atoms with van der Waals surface area (Å²) in [6.07, 6.45) is 0. The van der Waals surface area contributed by atoms with Crippen LogP contribution in [0.2, 0.25) is 0 Å². The maximum absolute atomic E-state index is 12.9. The van der Waals surface area contributed by atoms with Crippen LogP contribution < -0.4 is 10.2 Å². The number of nitrogens with one attached hydrogen (secondary N) is 2. The Kier molecular flexibility index (Phi) is 6.19.